The van der Waals surface area contributed by atoms with Gasteiger partial charge in [-0.2, -0.15) is 5.10 Å². The minimum absolute atomic E-state index is 0.0858. The van der Waals surface area contributed by atoms with Crippen LogP contribution < -0.4 is 4.90 Å². The Hall–Kier alpha value is -3.03. The molecule has 1 amide bonds. The lowest BCUT2D eigenvalue weighted by molar-refractivity contribution is -0.132. The molecule has 1 unspecified atom stereocenters. The molecule has 0 N–H and O–H groups in total. The number of hydrogen-bond donors (Lipinski definition) is 0. The zero-order valence-electron chi connectivity index (χ0n) is 17.7. The largest absolute Gasteiger partial charge is 0.353 e. The molecule has 0 saturated carbocycles. The van der Waals surface area contributed by atoms with Gasteiger partial charge in [-0.1, -0.05) is 12.1 Å². The van der Waals surface area contributed by atoms with E-state index >= 15 is 0 Å². The Morgan fingerprint density at radius 2 is 2.10 bits per heavy atom. The maximum absolute atomic E-state index is 13.4. The summed E-state index contributed by atoms with van der Waals surface area (Å²) in [5, 5.41) is 4.29. The number of anilines is 1. The molecule has 5 rings (SSSR count). The first-order valence-electron chi connectivity index (χ1n) is 11.0. The molecule has 3 atom stereocenters. The maximum Gasteiger partial charge on any atom is 0.226 e. The summed E-state index contributed by atoms with van der Waals surface area (Å²) in [6, 6.07) is 9.94. The van der Waals surface area contributed by atoms with Gasteiger partial charge in [0, 0.05) is 43.0 Å². The van der Waals surface area contributed by atoms with Crippen molar-refractivity contribution in [1.29, 1.82) is 0 Å². The number of aromatic nitrogens is 4. The molecule has 162 valence electrons. The van der Waals surface area contributed by atoms with Gasteiger partial charge < -0.3 is 9.80 Å². The van der Waals surface area contributed by atoms with Crippen LogP contribution in [0.25, 0.3) is 5.65 Å². The van der Waals surface area contributed by atoms with Crippen molar-refractivity contribution in [3.8, 4) is 0 Å². The Bertz CT molecular complexity index is 1070. The lowest BCUT2D eigenvalue weighted by Gasteiger charge is -2.38. The number of amides is 1. The fraction of sp³-hybridized carbons (Fsp3) is 0.478. The normalized spacial score (nSPS) is 22.2. The molecule has 0 radical (unpaired) electrons. The zero-order chi connectivity index (χ0) is 21.4. The monoisotopic (exact) mass is 422 g/mol. The van der Waals surface area contributed by atoms with Gasteiger partial charge >= 0.3 is 0 Å². The molecule has 2 aliphatic heterocycles. The number of nitrogens with zero attached hydrogens (tertiary/aromatic N) is 6. The van der Waals surface area contributed by atoms with E-state index in [-0.39, 0.29) is 17.9 Å². The molecular weight excluding hydrogens is 395 g/mol. The fourth-order valence-corrected chi connectivity index (χ4v) is 4.90. The quantitative estimate of drug-likeness (QED) is 0.610. The third kappa shape index (κ3) is 3.86. The van der Waals surface area contributed by atoms with Crippen molar-refractivity contribution in [2.75, 3.05) is 24.5 Å². The smallest absolute Gasteiger partial charge is 0.226 e. The molecule has 3 aromatic heterocycles. The van der Waals surface area contributed by atoms with Crippen LogP contribution in [0.2, 0.25) is 0 Å². The molecule has 7 nitrogen and oxygen atoms in total. The summed E-state index contributed by atoms with van der Waals surface area (Å²) in [4.78, 5) is 25.9. The van der Waals surface area contributed by atoms with Gasteiger partial charge in [0.1, 0.15) is 18.3 Å². The summed E-state index contributed by atoms with van der Waals surface area (Å²) >= 11 is 0. The van der Waals surface area contributed by atoms with Gasteiger partial charge in [-0.05, 0) is 50.8 Å². The van der Waals surface area contributed by atoms with Gasteiger partial charge in [-0.25, -0.2) is 18.9 Å². The molecule has 0 bridgehead atoms. The molecule has 0 aromatic carbocycles. The first-order valence-corrected chi connectivity index (χ1v) is 11.0. The van der Waals surface area contributed by atoms with Crippen molar-refractivity contribution in [1.82, 2.24) is 24.5 Å². The molecular formula is C23H27FN6O. The van der Waals surface area contributed by atoms with E-state index in [1.165, 1.54) is 6.92 Å². The second kappa shape index (κ2) is 8.24. The first kappa shape index (κ1) is 19.9. The third-order valence-electron chi connectivity index (χ3n) is 6.59. The van der Waals surface area contributed by atoms with Crippen molar-refractivity contribution in [2.45, 2.75) is 44.8 Å². The van der Waals surface area contributed by atoms with Crippen LogP contribution >= 0.6 is 0 Å². The lowest BCUT2D eigenvalue weighted by Crippen LogP contribution is -2.51. The highest BCUT2D eigenvalue weighted by atomic mass is 19.1. The van der Waals surface area contributed by atoms with E-state index < -0.39 is 6.17 Å². The van der Waals surface area contributed by atoms with Crippen LogP contribution in [0.5, 0.6) is 0 Å². The van der Waals surface area contributed by atoms with Crippen molar-refractivity contribution in [2.24, 2.45) is 5.92 Å². The molecule has 2 fully saturated rings. The van der Waals surface area contributed by atoms with Gasteiger partial charge in [0.15, 0.2) is 5.65 Å². The Kier molecular flexibility index (Phi) is 5.29. The summed E-state index contributed by atoms with van der Waals surface area (Å²) in [7, 11) is 0. The highest BCUT2D eigenvalue weighted by molar-refractivity contribution is 5.82. The van der Waals surface area contributed by atoms with E-state index in [0.29, 0.717) is 5.56 Å². The highest BCUT2D eigenvalue weighted by Crippen LogP contribution is 2.32. The highest BCUT2D eigenvalue weighted by Gasteiger charge is 2.42. The van der Waals surface area contributed by atoms with Crippen LogP contribution in [0.4, 0.5) is 10.2 Å². The minimum Gasteiger partial charge on any atom is -0.353 e. The van der Waals surface area contributed by atoms with Crippen LogP contribution in [-0.2, 0) is 11.2 Å². The Labute approximate surface area is 180 Å². The van der Waals surface area contributed by atoms with E-state index in [4.69, 9.17) is 0 Å². The predicted molar refractivity (Wildman–Crippen MR) is 116 cm³/mol. The van der Waals surface area contributed by atoms with Gasteiger partial charge in [0.2, 0.25) is 5.91 Å². The molecule has 3 aromatic rings. The second-order valence-corrected chi connectivity index (χ2v) is 8.57. The van der Waals surface area contributed by atoms with Crippen LogP contribution in [-0.4, -0.2) is 56.1 Å². The molecule has 0 aliphatic carbocycles. The summed E-state index contributed by atoms with van der Waals surface area (Å²) in [6.07, 6.45) is 5.78. The fourth-order valence-electron chi connectivity index (χ4n) is 4.90. The van der Waals surface area contributed by atoms with Crippen molar-refractivity contribution in [3.05, 3.63) is 54.1 Å². The molecule has 8 heteroatoms. The molecule has 0 spiro atoms. The zero-order valence-corrected chi connectivity index (χ0v) is 17.7. The number of fused-ring (bicyclic) bond motifs is 2. The van der Waals surface area contributed by atoms with Gasteiger partial charge in [0.05, 0.1) is 6.04 Å². The van der Waals surface area contributed by atoms with Crippen molar-refractivity contribution < 1.29 is 9.18 Å². The topological polar surface area (TPSA) is 66.6 Å². The van der Waals surface area contributed by atoms with E-state index in [1.807, 2.05) is 22.7 Å². The van der Waals surface area contributed by atoms with Crippen LogP contribution in [0.3, 0.4) is 0 Å². The van der Waals surface area contributed by atoms with Crippen LogP contribution in [0, 0.1) is 5.92 Å². The number of pyridine rings is 2. The number of alkyl halides is 1. The number of carbonyl (C=O) groups is 1. The molecule has 31 heavy (non-hydrogen) atoms. The molecule has 2 saturated heterocycles. The summed E-state index contributed by atoms with van der Waals surface area (Å²) < 4.78 is 15.3. The van der Waals surface area contributed by atoms with E-state index in [9.17, 15) is 9.18 Å². The average molecular weight is 423 g/mol. The maximum atomic E-state index is 13.4. The van der Waals surface area contributed by atoms with E-state index in [1.54, 1.807) is 18.6 Å². The number of piperazine rings is 1. The SMILES string of the molecule is CC(F)c1ccc(N2CCN3C(=O)[C@@H](CCCc4cccc5ncnn45)C[C@H]3C2)nc1. The van der Waals surface area contributed by atoms with E-state index in [0.717, 1.165) is 62.5 Å². The Morgan fingerprint density at radius 3 is 2.90 bits per heavy atom. The van der Waals surface area contributed by atoms with Crippen molar-refractivity contribution in [3.63, 3.8) is 0 Å². The van der Waals surface area contributed by atoms with Crippen LogP contribution in [0.1, 0.15) is 43.6 Å². The second-order valence-electron chi connectivity index (χ2n) is 8.57. The number of halogens is 1. The Balaban J connectivity index is 1.18. The van der Waals surface area contributed by atoms with E-state index in [2.05, 4.69) is 30.9 Å². The minimum atomic E-state index is -1.01. The third-order valence-corrected chi connectivity index (χ3v) is 6.59. The summed E-state index contributed by atoms with van der Waals surface area (Å²) in [5.41, 5.74) is 2.58. The average Bonchev–Trinajstić information content (AvgIpc) is 3.39. The van der Waals surface area contributed by atoms with Gasteiger partial charge in [0.25, 0.3) is 0 Å². The number of carbonyl (C=O) groups excluding carboxylic acids is 1. The molecule has 5 heterocycles. The van der Waals surface area contributed by atoms with Gasteiger partial charge in [-0.3, -0.25) is 4.79 Å². The number of rotatable bonds is 6. The number of aryl methyl sites for hydroxylation is 1. The number of hydrogen-bond acceptors (Lipinski definition) is 5. The predicted octanol–water partition coefficient (Wildman–Crippen LogP) is 3.21. The lowest BCUT2D eigenvalue weighted by atomic mass is 9.97. The summed E-state index contributed by atoms with van der Waals surface area (Å²) in [5.74, 6) is 1.24. The van der Waals surface area contributed by atoms with Crippen molar-refractivity contribution >= 4 is 17.4 Å². The Morgan fingerprint density at radius 1 is 1.19 bits per heavy atom. The summed E-state index contributed by atoms with van der Waals surface area (Å²) in [6.45, 7) is 3.80. The first-order chi connectivity index (χ1) is 15.1. The van der Waals surface area contributed by atoms with Gasteiger partial charge in [-0.15, -0.1) is 0 Å². The standard InChI is InChI=1S/C23H27FN6O/c1-16(24)18-8-9-21(25-13-18)28-10-11-29-20(14-28)12-17(23(29)31)4-2-5-19-6-3-7-22-26-15-27-30(19)22/h3,6-9,13,15-17,20H,2,4-5,10-12,14H2,1H3/t16?,17-,20-/m0/s1. The molecule has 2 aliphatic rings. The van der Waals surface area contributed by atoms with Crippen LogP contribution in [0.15, 0.2) is 42.9 Å².